The molecule has 0 radical (unpaired) electrons. The average Bonchev–Trinajstić information content (AvgIpc) is 2.87. The molecular weight excluding hydrogens is 382 g/mol. The van der Waals surface area contributed by atoms with Gasteiger partial charge < -0.3 is 31.3 Å². The van der Waals surface area contributed by atoms with Gasteiger partial charge >= 0.3 is 0 Å². The van der Waals surface area contributed by atoms with Gasteiger partial charge in [0, 0.05) is 26.5 Å². The summed E-state index contributed by atoms with van der Waals surface area (Å²) in [6.45, 7) is 1.36. The van der Waals surface area contributed by atoms with Crippen molar-refractivity contribution in [2.45, 2.75) is 30.9 Å². The number of benzene rings is 1. The zero-order chi connectivity index (χ0) is 27.7. The number of aromatic hydroxyl groups is 1. The largest absolute Gasteiger partial charge is 0.511 e. The van der Waals surface area contributed by atoms with Gasteiger partial charge in [0.25, 0.3) is 8.77 Å². The van der Waals surface area contributed by atoms with E-state index in [9.17, 15) is 19.5 Å². The van der Waals surface area contributed by atoms with Gasteiger partial charge in [0.2, 0.25) is 14.4 Å². The summed E-state index contributed by atoms with van der Waals surface area (Å²) in [7, 11) is 0. The number of aliphatic hydroxyl groups is 4. The fraction of sp³-hybridized carbons (Fsp3) is 0.350. The molecule has 152 valence electrons. The van der Waals surface area contributed by atoms with E-state index in [4.69, 9.17) is 16.4 Å². The molecule has 0 heterocycles. The zero-order valence-electron chi connectivity index (χ0n) is 22.8. The normalized spacial score (nSPS) is 39.1. The molecule has 0 bridgehead atoms. The molecule has 1 aromatic rings. The number of carbonyl (C=O) groups is 3. The Morgan fingerprint density at radius 1 is 1.31 bits per heavy atom. The van der Waals surface area contributed by atoms with E-state index in [0.29, 0.717) is 0 Å². The van der Waals surface area contributed by atoms with E-state index in [1.54, 1.807) is 0 Å². The maximum Gasteiger partial charge on any atom is 0.293 e. The van der Waals surface area contributed by atoms with E-state index in [2.05, 4.69) is 15.3 Å². The van der Waals surface area contributed by atoms with Gasteiger partial charge in [-0.2, -0.15) is 0 Å². The highest BCUT2D eigenvalue weighted by molar-refractivity contribution is 6.32. The number of ketones is 2. The van der Waals surface area contributed by atoms with Crippen molar-refractivity contribution in [3.05, 3.63) is 46.2 Å². The molecule has 0 aliphatic heterocycles. The summed E-state index contributed by atoms with van der Waals surface area (Å²) in [5.74, 6) is -10.3. The number of hydrogen-bond donors (Lipinski definition) is 6. The summed E-state index contributed by atoms with van der Waals surface area (Å²) < 4.78 is 61.8. The molecule has 0 aromatic heterocycles. The Labute approximate surface area is 176 Å². The van der Waals surface area contributed by atoms with E-state index in [-0.39, 0.29) is 16.9 Å². The van der Waals surface area contributed by atoms with Crippen molar-refractivity contribution in [1.82, 2.24) is 0 Å². The first-order chi connectivity index (χ1) is 17.3. The van der Waals surface area contributed by atoms with Crippen LogP contribution in [-0.2, 0) is 20.0 Å². The summed E-state index contributed by atoms with van der Waals surface area (Å²) in [5.41, 5.74) is -7.55. The van der Waals surface area contributed by atoms with Gasteiger partial charge in [-0.1, -0.05) is 12.1 Å². The second-order valence-electron chi connectivity index (χ2n) is 7.44. The molecule has 1 fully saturated rings. The van der Waals surface area contributed by atoms with Crippen LogP contribution in [0.5, 0.6) is 5.75 Å². The van der Waals surface area contributed by atoms with Gasteiger partial charge in [-0.05, 0) is 25.0 Å². The van der Waals surface area contributed by atoms with Gasteiger partial charge in [-0.25, -0.2) is 0 Å². The quantitative estimate of drug-likeness (QED) is 0.292. The predicted molar refractivity (Wildman–Crippen MR) is 97.3 cm³/mol. The van der Waals surface area contributed by atoms with Gasteiger partial charge in [0.05, 0.1) is 11.2 Å². The first-order valence-corrected chi connectivity index (χ1v) is 8.59. The maximum absolute atomic E-state index is 14.0. The number of phenolic OH excluding ortho intramolecular Hbond substituents is 1. The van der Waals surface area contributed by atoms with Gasteiger partial charge in [-0.3, -0.25) is 14.4 Å². The third-order valence-corrected chi connectivity index (χ3v) is 5.92. The number of carbonyl (C=O) groups excluding carboxylic acids is 3. The lowest BCUT2D eigenvalue weighted by Gasteiger charge is -2.49. The van der Waals surface area contributed by atoms with E-state index in [0.717, 1.165) is 0 Å². The molecule has 1 saturated carbocycles. The van der Waals surface area contributed by atoms with Crippen LogP contribution in [0.3, 0.4) is 0 Å². The van der Waals surface area contributed by atoms with Crippen LogP contribution in [0.2, 0.25) is 2.82 Å². The number of primary amides is 1. The fourth-order valence-electron chi connectivity index (χ4n) is 4.46. The summed E-state index contributed by atoms with van der Waals surface area (Å²) in [6.07, 6.45) is -3.62. The lowest BCUT2D eigenvalue weighted by molar-refractivity contribution is -0.162. The average molecular weight is 409 g/mol. The van der Waals surface area contributed by atoms with Crippen LogP contribution in [0.1, 0.15) is 33.6 Å². The zero-order valence-corrected chi connectivity index (χ0v) is 14.8. The van der Waals surface area contributed by atoms with Crippen LogP contribution in [0.25, 0.3) is 7.19 Å². The van der Waals surface area contributed by atoms with Crippen LogP contribution in [0.15, 0.2) is 35.1 Å². The van der Waals surface area contributed by atoms with Crippen LogP contribution >= 0.6 is 0 Å². The van der Waals surface area contributed by atoms with E-state index >= 15 is 0 Å². The number of rotatable bonds is 5. The monoisotopic (exact) mass is 409 g/mol. The molecule has 0 saturated heterocycles. The molecule has 9 heteroatoms. The number of allylic oxidation sites excluding steroid dienone is 1. The van der Waals surface area contributed by atoms with Crippen molar-refractivity contribution in [3.8, 4) is 5.75 Å². The number of Topliss-reactive ketones (excluding diaryl/α,β-unsaturated/α-hetero) is 2. The Hall–Kier alpha value is -3.17. The maximum atomic E-state index is 14.0. The summed E-state index contributed by atoms with van der Waals surface area (Å²) in [4.78, 5) is 40.1. The smallest absolute Gasteiger partial charge is 0.293 e. The minimum absolute atomic E-state index is 0.107. The van der Waals surface area contributed by atoms with Crippen LogP contribution in [0, 0.1) is 11.8 Å². The van der Waals surface area contributed by atoms with Crippen molar-refractivity contribution in [3.63, 3.8) is 0 Å². The Kier molecular flexibility index (Phi) is 2.30. The highest BCUT2D eigenvalue weighted by Gasteiger charge is 2.64. The predicted octanol–water partition coefficient (Wildman–Crippen LogP) is 0.0889. The second-order valence-corrected chi connectivity index (χ2v) is 7.44. The second kappa shape index (κ2) is 5.68. The Morgan fingerprint density at radius 2 is 2.14 bits per heavy atom. The standard InChI is InChI=1S/C20H19NO8/c1-19(28)8-3-2-4-10(22)12(8)15(24)13-9(19)5-7-6-11(23)14(18(21)27)17(26)20(7,29)16(13)25/h2-4,7,9,22-24,28-29H,5-6H2,1H3,(H2,21,27)/t7?,9?,19-,20+/m1/s1/i6D2,28D,29D/hD4. The van der Waals surface area contributed by atoms with E-state index < -0.39 is 81.7 Å². The molecule has 4 rings (SSSR count). The molecule has 4 atom stereocenters. The molecular formula is C20H19NO8. The number of nitrogens with two attached hydrogens (primary N) is 1. The summed E-state index contributed by atoms with van der Waals surface area (Å²) >= 11 is 0. The molecule has 1 aromatic carbocycles. The minimum Gasteiger partial charge on any atom is -0.511 e. The number of fused-ring (bicyclic) bond motifs is 3. The van der Waals surface area contributed by atoms with Crippen LogP contribution in [-0.4, -0.2) is 52.9 Å². The molecule has 3 aliphatic rings. The first-order valence-electron chi connectivity index (χ1n) is 12.1. The Bertz CT molecular complexity index is 1280. The highest BCUT2D eigenvalue weighted by Crippen LogP contribution is 2.56. The van der Waals surface area contributed by atoms with Gasteiger partial charge in [-0.15, -0.1) is 0 Å². The first kappa shape index (κ1) is 11.7. The van der Waals surface area contributed by atoms with Crippen molar-refractivity contribution < 1.29 is 45.5 Å². The molecule has 7 N–H and O–H groups in total. The summed E-state index contributed by atoms with van der Waals surface area (Å²) in [5, 5.41) is 29.6. The molecule has 1 amide bonds. The highest BCUT2D eigenvalue weighted by atomic mass is 16.3. The molecule has 0 spiro atoms. The van der Waals surface area contributed by atoms with E-state index in [1.807, 2.05) is 0 Å². The minimum atomic E-state index is -3.11. The molecule has 29 heavy (non-hydrogen) atoms. The third kappa shape index (κ3) is 2.19. The lowest BCUT2D eigenvalue weighted by atomic mass is 9.55. The van der Waals surface area contributed by atoms with Gasteiger partial charge in [0.1, 0.15) is 22.8 Å². The van der Waals surface area contributed by atoms with Crippen molar-refractivity contribution >= 4 is 23.2 Å². The Balaban J connectivity index is 2.09. The number of amides is 1. The van der Waals surface area contributed by atoms with Crippen molar-refractivity contribution in [2.75, 3.05) is 0 Å². The number of aliphatic hydroxyl groups excluding tert-OH is 2. The van der Waals surface area contributed by atoms with Crippen LogP contribution in [0.4, 0.5) is 0 Å². The number of phenols is 1. The summed E-state index contributed by atoms with van der Waals surface area (Å²) in [6, 6.07) is 4.14. The van der Waals surface area contributed by atoms with E-state index in [1.165, 1.54) is 25.1 Å². The van der Waals surface area contributed by atoms with Crippen LogP contribution < -0.4 is 5.72 Å². The SMILES string of the molecule is [2H]OC1=C(C(=O)N([2H])[2H])C(=O)[C@@]2(O[2H])C(=O)C3=C(O)c4c(O[2H])cccc4[C@@](C)(O[2H])C3CC2C1([2H])[2H]. The molecule has 9 nitrogen and oxygen atoms in total. The van der Waals surface area contributed by atoms with Crippen molar-refractivity contribution in [1.29, 1.82) is 5.72 Å². The van der Waals surface area contributed by atoms with Crippen molar-refractivity contribution in [2.24, 2.45) is 17.6 Å². The topological polar surface area (TPSA) is 178 Å². The van der Waals surface area contributed by atoms with Gasteiger partial charge in [0.15, 0.2) is 8.42 Å². The fourth-order valence-corrected chi connectivity index (χ4v) is 4.46. The lowest BCUT2D eigenvalue weighted by Crippen LogP contribution is -2.63. The molecule has 2 unspecified atom stereocenters. The Morgan fingerprint density at radius 3 is 2.79 bits per heavy atom. The molecule has 3 aliphatic carbocycles. The number of hydrogen-bond acceptors (Lipinski definition) is 8. The third-order valence-electron chi connectivity index (χ3n) is 5.92.